The van der Waals surface area contributed by atoms with Crippen molar-refractivity contribution in [2.24, 2.45) is 0 Å². The van der Waals surface area contributed by atoms with Gasteiger partial charge in [-0.1, -0.05) is 61.5 Å². The van der Waals surface area contributed by atoms with Gasteiger partial charge in [-0.25, -0.2) is 9.78 Å². The van der Waals surface area contributed by atoms with Crippen LogP contribution in [0.15, 0.2) is 54.6 Å². The third-order valence-electron chi connectivity index (χ3n) is 5.30. The molecule has 2 atom stereocenters. The summed E-state index contributed by atoms with van der Waals surface area (Å²) < 4.78 is 6.03. The van der Waals surface area contributed by atoms with Crippen molar-refractivity contribution in [2.75, 3.05) is 6.61 Å². The lowest BCUT2D eigenvalue weighted by Crippen LogP contribution is -2.44. The third kappa shape index (κ3) is 3.12. The molecule has 2 fully saturated rings. The number of hydrogen-bond donors (Lipinski definition) is 0. The minimum absolute atomic E-state index is 0.0567. The van der Waals surface area contributed by atoms with Crippen LogP contribution in [0.25, 0.3) is 11.1 Å². The number of ether oxygens (including phenoxy) is 1. The molecule has 0 bridgehead atoms. The maximum Gasteiger partial charge on any atom is 0.201 e. The smallest absolute Gasteiger partial charge is 0.201 e. The molecule has 0 N–H and O–H groups in total. The lowest BCUT2D eigenvalue weighted by atomic mass is 9.93. The Labute approximate surface area is 143 Å². The highest BCUT2D eigenvalue weighted by Gasteiger charge is 2.43. The standard InChI is InChI=1S/C21H24O3/c1-16(20-15-22-21(24-23-20)13-5-6-14-21)17-9-11-19(12-10-17)18-7-3-2-4-8-18/h2-4,7-12,16,20H,5-6,13-15H2,1H3. The van der Waals surface area contributed by atoms with E-state index in [2.05, 4.69) is 55.5 Å². The van der Waals surface area contributed by atoms with E-state index in [1.807, 2.05) is 6.07 Å². The number of hydrogen-bond acceptors (Lipinski definition) is 3. The number of rotatable bonds is 3. The Morgan fingerprint density at radius 1 is 0.917 bits per heavy atom. The lowest BCUT2D eigenvalue weighted by Gasteiger charge is -2.38. The van der Waals surface area contributed by atoms with Gasteiger partial charge in [-0.05, 0) is 29.5 Å². The van der Waals surface area contributed by atoms with Gasteiger partial charge in [0.25, 0.3) is 0 Å². The van der Waals surface area contributed by atoms with Gasteiger partial charge in [0, 0.05) is 18.8 Å². The van der Waals surface area contributed by atoms with Crippen LogP contribution in [0.5, 0.6) is 0 Å². The molecule has 3 heteroatoms. The molecule has 4 rings (SSSR count). The predicted octanol–water partition coefficient (Wildman–Crippen LogP) is 5.07. The monoisotopic (exact) mass is 324 g/mol. The van der Waals surface area contributed by atoms with Crippen molar-refractivity contribution < 1.29 is 14.5 Å². The molecule has 3 nitrogen and oxygen atoms in total. The van der Waals surface area contributed by atoms with Crippen molar-refractivity contribution >= 4 is 0 Å². The van der Waals surface area contributed by atoms with Gasteiger partial charge in [-0.15, -0.1) is 0 Å². The molecule has 1 heterocycles. The van der Waals surface area contributed by atoms with Crippen LogP contribution < -0.4 is 0 Å². The van der Waals surface area contributed by atoms with E-state index in [0.717, 1.165) is 25.7 Å². The van der Waals surface area contributed by atoms with Crippen LogP contribution in [0.3, 0.4) is 0 Å². The topological polar surface area (TPSA) is 27.7 Å². The Hall–Kier alpha value is -1.68. The van der Waals surface area contributed by atoms with Gasteiger partial charge in [-0.3, -0.25) is 0 Å². The summed E-state index contributed by atoms with van der Waals surface area (Å²) in [7, 11) is 0. The van der Waals surface area contributed by atoms with Crippen LogP contribution in [0.1, 0.15) is 44.1 Å². The van der Waals surface area contributed by atoms with Crippen LogP contribution in [-0.4, -0.2) is 18.5 Å². The lowest BCUT2D eigenvalue weighted by molar-refractivity contribution is -0.486. The van der Waals surface area contributed by atoms with Gasteiger partial charge in [0.15, 0.2) is 0 Å². The highest BCUT2D eigenvalue weighted by Crippen LogP contribution is 2.39. The first-order valence-electron chi connectivity index (χ1n) is 8.90. The Kier molecular flexibility index (Phi) is 4.40. The Morgan fingerprint density at radius 3 is 2.21 bits per heavy atom. The van der Waals surface area contributed by atoms with E-state index in [9.17, 15) is 0 Å². The minimum atomic E-state index is -0.465. The fraction of sp³-hybridized carbons (Fsp3) is 0.429. The molecule has 1 aliphatic carbocycles. The maximum absolute atomic E-state index is 6.03. The highest BCUT2D eigenvalue weighted by atomic mass is 17.2. The molecule has 1 aliphatic heterocycles. The van der Waals surface area contributed by atoms with Crippen molar-refractivity contribution in [3.63, 3.8) is 0 Å². The Bertz CT molecular complexity index is 649. The molecule has 24 heavy (non-hydrogen) atoms. The van der Waals surface area contributed by atoms with Crippen LogP contribution in [0.4, 0.5) is 0 Å². The van der Waals surface area contributed by atoms with Gasteiger partial charge < -0.3 is 4.74 Å². The predicted molar refractivity (Wildman–Crippen MR) is 93.4 cm³/mol. The summed E-state index contributed by atoms with van der Waals surface area (Å²) in [6.07, 6.45) is 4.15. The van der Waals surface area contributed by atoms with Crippen molar-refractivity contribution in [2.45, 2.75) is 50.4 Å². The Morgan fingerprint density at radius 2 is 1.58 bits per heavy atom. The summed E-state index contributed by atoms with van der Waals surface area (Å²) in [5.74, 6) is -0.235. The molecule has 0 radical (unpaired) electrons. The van der Waals surface area contributed by atoms with Crippen molar-refractivity contribution in [3.8, 4) is 11.1 Å². The molecule has 0 amide bonds. The molecule has 1 spiro atoms. The summed E-state index contributed by atoms with van der Waals surface area (Å²) in [6.45, 7) is 2.77. The zero-order valence-corrected chi connectivity index (χ0v) is 14.1. The first-order valence-corrected chi connectivity index (χ1v) is 8.90. The van der Waals surface area contributed by atoms with Crippen LogP contribution >= 0.6 is 0 Å². The third-order valence-corrected chi connectivity index (χ3v) is 5.30. The van der Waals surface area contributed by atoms with Crippen LogP contribution in [-0.2, 0) is 14.5 Å². The molecule has 126 valence electrons. The zero-order valence-electron chi connectivity index (χ0n) is 14.1. The second kappa shape index (κ2) is 6.67. The normalized spacial score (nSPS) is 24.1. The first kappa shape index (κ1) is 15.8. The van der Waals surface area contributed by atoms with E-state index in [4.69, 9.17) is 14.5 Å². The second-order valence-corrected chi connectivity index (χ2v) is 6.92. The zero-order chi connectivity index (χ0) is 16.4. The van der Waals surface area contributed by atoms with Crippen molar-refractivity contribution in [3.05, 3.63) is 60.2 Å². The van der Waals surface area contributed by atoms with Gasteiger partial charge in [0.05, 0.1) is 6.61 Å². The molecular formula is C21H24O3. The molecule has 1 saturated heterocycles. The molecule has 2 aliphatic rings. The van der Waals surface area contributed by atoms with E-state index in [1.54, 1.807) is 0 Å². The fourth-order valence-corrected chi connectivity index (χ4v) is 3.63. The molecule has 2 unspecified atom stereocenters. The first-order chi connectivity index (χ1) is 11.8. The average Bonchev–Trinajstić information content (AvgIpc) is 3.11. The second-order valence-electron chi connectivity index (χ2n) is 6.92. The summed E-state index contributed by atoms with van der Waals surface area (Å²) in [6, 6.07) is 19.1. The SMILES string of the molecule is CC(c1ccc(-c2ccccc2)cc1)C1COC2(CCCC2)OO1. The van der Waals surface area contributed by atoms with E-state index >= 15 is 0 Å². The van der Waals surface area contributed by atoms with E-state index in [1.165, 1.54) is 16.7 Å². The summed E-state index contributed by atoms with van der Waals surface area (Å²) in [4.78, 5) is 11.4. The highest BCUT2D eigenvalue weighted by molar-refractivity contribution is 5.63. The summed E-state index contributed by atoms with van der Waals surface area (Å²) >= 11 is 0. The molecule has 1 saturated carbocycles. The molecular weight excluding hydrogens is 300 g/mol. The maximum atomic E-state index is 6.03. The molecule has 0 aromatic heterocycles. The fourth-order valence-electron chi connectivity index (χ4n) is 3.63. The van der Waals surface area contributed by atoms with Crippen molar-refractivity contribution in [1.82, 2.24) is 0 Å². The Balaban J connectivity index is 1.42. The molecule has 2 aromatic carbocycles. The summed E-state index contributed by atoms with van der Waals surface area (Å²) in [5, 5.41) is 0. The van der Waals surface area contributed by atoms with Crippen LogP contribution in [0.2, 0.25) is 0 Å². The molecule has 2 aromatic rings. The van der Waals surface area contributed by atoms with E-state index in [0.29, 0.717) is 6.61 Å². The quantitative estimate of drug-likeness (QED) is 0.737. The van der Waals surface area contributed by atoms with Crippen molar-refractivity contribution in [1.29, 1.82) is 0 Å². The van der Waals surface area contributed by atoms with Gasteiger partial charge in [-0.2, -0.15) is 0 Å². The largest absolute Gasteiger partial charge is 0.344 e. The van der Waals surface area contributed by atoms with Gasteiger partial charge in [0.1, 0.15) is 6.10 Å². The van der Waals surface area contributed by atoms with Gasteiger partial charge in [0.2, 0.25) is 5.79 Å². The summed E-state index contributed by atoms with van der Waals surface area (Å²) in [5.41, 5.74) is 3.71. The van der Waals surface area contributed by atoms with E-state index < -0.39 is 5.79 Å². The van der Waals surface area contributed by atoms with Gasteiger partial charge >= 0.3 is 0 Å². The van der Waals surface area contributed by atoms with Crippen LogP contribution in [0, 0.1) is 0 Å². The number of benzene rings is 2. The average molecular weight is 324 g/mol. The van der Waals surface area contributed by atoms with E-state index in [-0.39, 0.29) is 12.0 Å². The minimum Gasteiger partial charge on any atom is -0.344 e.